The Morgan fingerprint density at radius 3 is 2.24 bits per heavy atom. The third-order valence-corrected chi connectivity index (χ3v) is 7.55. The Balaban J connectivity index is 1.17. The van der Waals surface area contributed by atoms with Crippen LogP contribution in [0.5, 0.6) is 5.75 Å². The highest BCUT2D eigenvalue weighted by molar-refractivity contribution is 6.05. The number of likely N-dealkylation sites (tertiary alicyclic amines) is 1. The number of carbonyl (C=O) groups is 3. The van der Waals surface area contributed by atoms with Gasteiger partial charge in [0.2, 0.25) is 5.91 Å². The number of nitrogens with zero attached hydrogens (tertiary/aromatic N) is 3. The Kier molecular flexibility index (Phi) is 6.38. The van der Waals surface area contributed by atoms with Crippen LogP contribution in [0.25, 0.3) is 0 Å². The molecule has 5 rings (SSSR count). The monoisotopic (exact) mass is 505 g/mol. The lowest BCUT2D eigenvalue weighted by Gasteiger charge is -2.59. The van der Waals surface area contributed by atoms with Gasteiger partial charge >= 0.3 is 12.1 Å². The summed E-state index contributed by atoms with van der Waals surface area (Å²) in [6.45, 7) is 7.79. The molecular weight excluding hydrogens is 470 g/mol. The van der Waals surface area contributed by atoms with Crippen LogP contribution >= 0.6 is 0 Å². The van der Waals surface area contributed by atoms with Crippen molar-refractivity contribution < 1.29 is 23.9 Å². The van der Waals surface area contributed by atoms with Crippen molar-refractivity contribution in [3.8, 4) is 5.75 Å². The largest absolute Gasteiger partial charge is 0.497 e. The van der Waals surface area contributed by atoms with Crippen LogP contribution in [0.3, 0.4) is 0 Å². The third-order valence-electron chi connectivity index (χ3n) is 7.55. The van der Waals surface area contributed by atoms with E-state index in [1.54, 1.807) is 16.9 Å². The topological polar surface area (TPSA) is 79.4 Å². The van der Waals surface area contributed by atoms with Crippen LogP contribution in [0, 0.1) is 5.41 Å². The van der Waals surface area contributed by atoms with Gasteiger partial charge in [-0.1, -0.05) is 24.3 Å². The Morgan fingerprint density at radius 1 is 1.00 bits per heavy atom. The fourth-order valence-electron chi connectivity index (χ4n) is 5.62. The summed E-state index contributed by atoms with van der Waals surface area (Å²) in [5.41, 5.74) is 2.67. The number of urea groups is 1. The summed E-state index contributed by atoms with van der Waals surface area (Å²) in [6, 6.07) is 15.2. The Bertz CT molecular complexity index is 1170. The molecule has 0 atom stereocenters. The number of hydrogen-bond acceptors (Lipinski definition) is 5. The standard InChI is InChI=1S/C29H35N3O5/c1-28(2,3)37-27(35)30-18-29(19-30)15-22(16-29)21-7-9-23(10-8-21)31-14-13-25(33)32(26(31)34)17-20-5-11-24(36-4)12-6-20/h5-12,22H,13-19H2,1-4H3. The molecule has 1 spiro atoms. The number of benzene rings is 2. The predicted molar refractivity (Wildman–Crippen MR) is 140 cm³/mol. The maximum Gasteiger partial charge on any atom is 0.410 e. The van der Waals surface area contributed by atoms with Crippen molar-refractivity contribution in [1.29, 1.82) is 0 Å². The number of rotatable bonds is 5. The van der Waals surface area contributed by atoms with Crippen molar-refractivity contribution in [3.05, 3.63) is 59.7 Å². The number of anilines is 1. The lowest BCUT2D eigenvalue weighted by atomic mass is 9.56. The van der Waals surface area contributed by atoms with E-state index in [0.29, 0.717) is 18.9 Å². The summed E-state index contributed by atoms with van der Waals surface area (Å²) in [4.78, 5) is 42.8. The normalized spacial score (nSPS) is 19.5. The summed E-state index contributed by atoms with van der Waals surface area (Å²) in [5, 5.41) is 0. The van der Waals surface area contributed by atoms with Crippen LogP contribution in [-0.4, -0.2) is 60.2 Å². The molecule has 0 N–H and O–H groups in total. The molecule has 2 aromatic carbocycles. The van der Waals surface area contributed by atoms with Gasteiger partial charge in [0.1, 0.15) is 11.4 Å². The van der Waals surface area contributed by atoms with E-state index < -0.39 is 5.60 Å². The molecular formula is C29H35N3O5. The summed E-state index contributed by atoms with van der Waals surface area (Å²) >= 11 is 0. The van der Waals surface area contributed by atoms with E-state index in [0.717, 1.165) is 42.9 Å². The Morgan fingerprint density at radius 2 is 1.65 bits per heavy atom. The van der Waals surface area contributed by atoms with E-state index >= 15 is 0 Å². The number of carbonyl (C=O) groups excluding carboxylic acids is 3. The first-order chi connectivity index (χ1) is 17.6. The van der Waals surface area contributed by atoms with Crippen molar-refractivity contribution in [2.75, 3.05) is 31.6 Å². The van der Waals surface area contributed by atoms with Crippen molar-refractivity contribution >= 4 is 23.7 Å². The zero-order valence-corrected chi connectivity index (χ0v) is 22.0. The van der Waals surface area contributed by atoms with Crippen LogP contribution < -0.4 is 9.64 Å². The van der Waals surface area contributed by atoms with E-state index in [9.17, 15) is 14.4 Å². The molecule has 37 heavy (non-hydrogen) atoms. The Labute approximate surface area is 218 Å². The summed E-state index contributed by atoms with van der Waals surface area (Å²) in [5.74, 6) is 1.03. The smallest absolute Gasteiger partial charge is 0.410 e. The fourth-order valence-corrected chi connectivity index (χ4v) is 5.62. The van der Waals surface area contributed by atoms with Crippen LogP contribution in [0.15, 0.2) is 48.5 Å². The zero-order valence-electron chi connectivity index (χ0n) is 22.0. The van der Waals surface area contributed by atoms with Crippen molar-refractivity contribution in [2.24, 2.45) is 5.41 Å². The van der Waals surface area contributed by atoms with E-state index in [2.05, 4.69) is 12.1 Å². The minimum Gasteiger partial charge on any atom is -0.497 e. The van der Waals surface area contributed by atoms with Crippen LogP contribution in [0.2, 0.25) is 0 Å². The van der Waals surface area contributed by atoms with Gasteiger partial charge in [0.05, 0.1) is 13.7 Å². The maximum atomic E-state index is 13.2. The molecule has 0 unspecified atom stereocenters. The molecule has 0 bridgehead atoms. The van der Waals surface area contributed by atoms with E-state index in [4.69, 9.17) is 9.47 Å². The van der Waals surface area contributed by atoms with Crippen LogP contribution in [-0.2, 0) is 16.1 Å². The number of methoxy groups -OCH3 is 1. The average molecular weight is 506 g/mol. The summed E-state index contributed by atoms with van der Waals surface area (Å²) < 4.78 is 10.7. The van der Waals surface area contributed by atoms with Gasteiger partial charge < -0.3 is 14.4 Å². The fraction of sp³-hybridized carbons (Fsp3) is 0.483. The average Bonchev–Trinajstić information content (AvgIpc) is 2.80. The quantitative estimate of drug-likeness (QED) is 0.560. The van der Waals surface area contributed by atoms with Gasteiger partial charge in [-0.3, -0.25) is 14.6 Å². The van der Waals surface area contributed by atoms with Gasteiger partial charge in [0.15, 0.2) is 0 Å². The molecule has 2 aliphatic heterocycles. The first-order valence-corrected chi connectivity index (χ1v) is 12.9. The van der Waals surface area contributed by atoms with E-state index in [-0.39, 0.29) is 30.0 Å². The second-order valence-electron chi connectivity index (χ2n) is 11.5. The summed E-state index contributed by atoms with van der Waals surface area (Å²) in [7, 11) is 1.60. The minimum atomic E-state index is -0.473. The highest BCUT2D eigenvalue weighted by atomic mass is 16.6. The number of amides is 4. The molecule has 3 fully saturated rings. The highest BCUT2D eigenvalue weighted by Gasteiger charge is 2.54. The summed E-state index contributed by atoms with van der Waals surface area (Å²) in [6.07, 6.45) is 2.18. The molecule has 0 radical (unpaired) electrons. The maximum absolute atomic E-state index is 13.2. The van der Waals surface area contributed by atoms with Crippen molar-refractivity contribution in [3.63, 3.8) is 0 Å². The second-order valence-corrected chi connectivity index (χ2v) is 11.5. The third kappa shape index (κ3) is 5.15. The van der Waals surface area contributed by atoms with Crippen LogP contribution in [0.1, 0.15) is 57.1 Å². The van der Waals surface area contributed by atoms with E-state index in [1.165, 1.54) is 10.5 Å². The molecule has 2 heterocycles. The van der Waals surface area contributed by atoms with Gasteiger partial charge in [-0.15, -0.1) is 0 Å². The van der Waals surface area contributed by atoms with Crippen molar-refractivity contribution in [2.45, 2.75) is 58.1 Å². The number of hydrogen-bond donors (Lipinski definition) is 0. The van der Waals surface area contributed by atoms with Gasteiger partial charge in [-0.2, -0.15) is 0 Å². The molecule has 1 saturated carbocycles. The predicted octanol–water partition coefficient (Wildman–Crippen LogP) is 5.17. The van der Waals surface area contributed by atoms with Crippen molar-refractivity contribution in [1.82, 2.24) is 9.80 Å². The Hall–Kier alpha value is -3.55. The molecule has 2 saturated heterocycles. The zero-order chi connectivity index (χ0) is 26.4. The molecule has 8 nitrogen and oxygen atoms in total. The van der Waals surface area contributed by atoms with Crippen LogP contribution in [0.4, 0.5) is 15.3 Å². The number of ether oxygens (including phenoxy) is 2. The molecule has 3 aliphatic rings. The van der Waals surface area contributed by atoms with Gasteiger partial charge in [0.25, 0.3) is 0 Å². The number of imide groups is 1. The van der Waals surface area contributed by atoms with Gasteiger partial charge in [-0.05, 0) is 74.9 Å². The van der Waals surface area contributed by atoms with Gasteiger partial charge in [0, 0.05) is 37.2 Å². The first-order valence-electron chi connectivity index (χ1n) is 12.9. The molecule has 8 heteroatoms. The molecule has 196 valence electrons. The lowest BCUT2D eigenvalue weighted by Crippen LogP contribution is -2.63. The second kappa shape index (κ2) is 9.39. The highest BCUT2D eigenvalue weighted by Crippen LogP contribution is 2.56. The first kappa shape index (κ1) is 25.1. The van der Waals surface area contributed by atoms with E-state index in [1.807, 2.05) is 57.2 Å². The molecule has 1 aliphatic carbocycles. The SMILES string of the molecule is COc1ccc(CN2C(=O)CCN(c3ccc(C4CC5(C4)CN(C(=O)OC(C)(C)C)C5)cc3)C2=O)cc1. The molecule has 4 amide bonds. The molecule has 0 aromatic heterocycles. The lowest BCUT2D eigenvalue weighted by molar-refractivity contribution is -0.129. The molecule has 2 aromatic rings. The van der Waals surface area contributed by atoms with Gasteiger partial charge in [-0.25, -0.2) is 9.59 Å². The minimum absolute atomic E-state index is 0.158.